The largest absolute Gasteiger partial charge is 0.460 e. The van der Waals surface area contributed by atoms with Gasteiger partial charge in [-0.2, -0.15) is 0 Å². The molecule has 0 unspecified atom stereocenters. The van der Waals surface area contributed by atoms with Crippen LogP contribution in [-0.4, -0.2) is 38.1 Å². The second-order valence-electron chi connectivity index (χ2n) is 13.8. The molecule has 5 nitrogen and oxygen atoms in total. The molecule has 1 atom stereocenters. The molecule has 2 rings (SSSR count). The quantitative estimate of drug-likeness (QED) is 0.145. The SMILES string of the molecule is CC(C)(C)OC(=O)CCCCC[C@@H](CO[Si](c1ccccc1)(c1ccccc1)C(C)(C)C)CC(=O)OC(C)(C)C. The number of benzene rings is 2. The number of hydrogen-bond donors (Lipinski definition) is 0. The molecule has 0 heterocycles. The number of rotatable bonds is 13. The Morgan fingerprint density at radius 1 is 0.675 bits per heavy atom. The van der Waals surface area contributed by atoms with E-state index in [1.165, 1.54) is 10.4 Å². The number of ether oxygens (including phenoxy) is 2. The van der Waals surface area contributed by atoms with Gasteiger partial charge >= 0.3 is 11.9 Å². The van der Waals surface area contributed by atoms with Crippen molar-refractivity contribution in [2.75, 3.05) is 6.61 Å². The van der Waals surface area contributed by atoms with Crippen LogP contribution >= 0.6 is 0 Å². The fourth-order valence-corrected chi connectivity index (χ4v) is 9.78. The molecule has 0 saturated carbocycles. The molecule has 40 heavy (non-hydrogen) atoms. The van der Waals surface area contributed by atoms with Crippen LogP contribution in [0, 0.1) is 5.92 Å². The third-order valence-electron chi connectivity index (χ3n) is 6.74. The Hall–Kier alpha value is -2.44. The van der Waals surface area contributed by atoms with Gasteiger partial charge in [-0.3, -0.25) is 9.59 Å². The summed E-state index contributed by atoms with van der Waals surface area (Å²) >= 11 is 0. The van der Waals surface area contributed by atoms with Crippen molar-refractivity contribution in [2.45, 2.75) is 117 Å². The second-order valence-corrected chi connectivity index (χ2v) is 18.1. The summed E-state index contributed by atoms with van der Waals surface area (Å²) in [5, 5.41) is 2.31. The molecule has 6 heteroatoms. The van der Waals surface area contributed by atoms with Crippen molar-refractivity contribution in [3.05, 3.63) is 60.7 Å². The van der Waals surface area contributed by atoms with Gasteiger partial charge in [0.2, 0.25) is 0 Å². The first-order chi connectivity index (χ1) is 18.5. The summed E-state index contributed by atoms with van der Waals surface area (Å²) < 4.78 is 18.3. The van der Waals surface area contributed by atoms with Crippen molar-refractivity contribution in [1.82, 2.24) is 0 Å². The highest BCUT2D eigenvalue weighted by atomic mass is 28.4. The van der Waals surface area contributed by atoms with Crippen molar-refractivity contribution in [3.8, 4) is 0 Å². The highest BCUT2D eigenvalue weighted by Gasteiger charge is 2.50. The van der Waals surface area contributed by atoms with Crippen LogP contribution in [0.3, 0.4) is 0 Å². The van der Waals surface area contributed by atoms with Crippen molar-refractivity contribution in [3.63, 3.8) is 0 Å². The highest BCUT2D eigenvalue weighted by molar-refractivity contribution is 6.99. The van der Waals surface area contributed by atoms with Crippen molar-refractivity contribution < 1.29 is 23.5 Å². The second kappa shape index (κ2) is 14.4. The minimum absolute atomic E-state index is 0.0121. The maximum absolute atomic E-state index is 12.9. The van der Waals surface area contributed by atoms with Crippen LogP contribution in [0.2, 0.25) is 5.04 Å². The number of carbonyl (C=O) groups is 2. The summed E-state index contributed by atoms with van der Waals surface area (Å²) in [4.78, 5) is 25.0. The van der Waals surface area contributed by atoms with Gasteiger partial charge in [-0.1, -0.05) is 94.3 Å². The van der Waals surface area contributed by atoms with E-state index in [0.29, 0.717) is 19.4 Å². The Kier molecular flexibility index (Phi) is 12.2. The molecule has 0 aliphatic rings. The lowest BCUT2D eigenvalue weighted by atomic mass is 9.98. The van der Waals surface area contributed by atoms with E-state index in [-0.39, 0.29) is 22.9 Å². The fourth-order valence-electron chi connectivity index (χ4n) is 5.14. The molecule has 0 aliphatic heterocycles. The Morgan fingerprint density at radius 2 is 1.15 bits per heavy atom. The van der Waals surface area contributed by atoms with Crippen molar-refractivity contribution in [1.29, 1.82) is 0 Å². The van der Waals surface area contributed by atoms with Gasteiger partial charge in [0.05, 0.1) is 6.42 Å². The molecule has 0 aromatic heterocycles. The van der Waals surface area contributed by atoms with Gasteiger partial charge in [0.15, 0.2) is 0 Å². The fraction of sp³-hybridized carbons (Fsp3) is 0.588. The molecule has 2 aromatic rings. The average Bonchev–Trinajstić information content (AvgIpc) is 2.82. The van der Waals surface area contributed by atoms with Gasteiger partial charge in [-0.05, 0) is 75.7 Å². The molecule has 0 spiro atoms. The van der Waals surface area contributed by atoms with Crippen LogP contribution in [0.5, 0.6) is 0 Å². The summed E-state index contributed by atoms with van der Waals surface area (Å²) in [5.41, 5.74) is -0.998. The van der Waals surface area contributed by atoms with Gasteiger partial charge in [0.1, 0.15) is 11.2 Å². The molecular formula is C34H52O5Si. The van der Waals surface area contributed by atoms with E-state index < -0.39 is 19.5 Å². The van der Waals surface area contributed by atoms with E-state index in [4.69, 9.17) is 13.9 Å². The number of hydrogen-bond acceptors (Lipinski definition) is 5. The molecule has 0 aliphatic carbocycles. The van der Waals surface area contributed by atoms with E-state index in [0.717, 1.165) is 25.7 Å². The molecule has 0 saturated heterocycles. The topological polar surface area (TPSA) is 61.8 Å². The first kappa shape index (κ1) is 33.8. The van der Waals surface area contributed by atoms with E-state index in [2.05, 4.69) is 69.3 Å². The zero-order valence-corrected chi connectivity index (χ0v) is 27.3. The number of unbranched alkanes of at least 4 members (excludes halogenated alkanes) is 2. The zero-order chi connectivity index (χ0) is 30.0. The number of esters is 2. The van der Waals surface area contributed by atoms with E-state index in [1.54, 1.807) is 0 Å². The van der Waals surface area contributed by atoms with Crippen LogP contribution in [0.4, 0.5) is 0 Å². The first-order valence-corrected chi connectivity index (χ1v) is 16.6. The summed E-state index contributed by atoms with van der Waals surface area (Å²) in [6.45, 7) is 18.6. The van der Waals surface area contributed by atoms with Crippen LogP contribution < -0.4 is 10.4 Å². The zero-order valence-electron chi connectivity index (χ0n) is 26.3. The Labute approximate surface area is 244 Å². The predicted octanol–water partition coefficient (Wildman–Crippen LogP) is 7.20. The Balaban J connectivity index is 2.24. The molecule has 0 fully saturated rings. The average molecular weight is 569 g/mol. The normalized spacial score (nSPS) is 13.5. The Bertz CT molecular complexity index is 1010. The van der Waals surface area contributed by atoms with Gasteiger partial charge < -0.3 is 13.9 Å². The van der Waals surface area contributed by atoms with Gasteiger partial charge in [-0.25, -0.2) is 0 Å². The first-order valence-electron chi connectivity index (χ1n) is 14.7. The van der Waals surface area contributed by atoms with Gasteiger partial charge in [0.25, 0.3) is 8.32 Å². The van der Waals surface area contributed by atoms with Crippen LogP contribution in [-0.2, 0) is 23.5 Å². The smallest absolute Gasteiger partial charge is 0.306 e. The maximum atomic E-state index is 12.9. The Morgan fingerprint density at radius 3 is 1.60 bits per heavy atom. The van der Waals surface area contributed by atoms with E-state index in [9.17, 15) is 9.59 Å². The lowest BCUT2D eigenvalue weighted by molar-refractivity contribution is -0.156. The molecule has 222 valence electrons. The standard InChI is InChI=1S/C34H52O5Si/c1-32(2,3)38-30(35)24-18-10-13-19-27(25-31(36)39-33(4,5)6)26-37-40(34(7,8)9,28-20-14-11-15-21-28)29-22-16-12-17-23-29/h11-12,14-17,20-23,27H,10,13,18-19,24-26H2,1-9H3/t27-/m1/s1. The molecule has 0 amide bonds. The predicted molar refractivity (Wildman–Crippen MR) is 166 cm³/mol. The molecule has 0 N–H and O–H groups in total. The minimum Gasteiger partial charge on any atom is -0.460 e. The third kappa shape index (κ3) is 10.9. The lowest BCUT2D eigenvalue weighted by Crippen LogP contribution is -2.66. The summed E-state index contributed by atoms with van der Waals surface area (Å²) in [7, 11) is -2.72. The summed E-state index contributed by atoms with van der Waals surface area (Å²) in [5.74, 6) is -0.344. The minimum atomic E-state index is -2.72. The summed E-state index contributed by atoms with van der Waals surface area (Å²) in [6, 6.07) is 21.1. The lowest BCUT2D eigenvalue weighted by Gasteiger charge is -2.43. The van der Waals surface area contributed by atoms with Crippen LogP contribution in [0.25, 0.3) is 0 Å². The molecule has 0 radical (unpaired) electrons. The van der Waals surface area contributed by atoms with Gasteiger partial charge in [0, 0.05) is 13.0 Å². The van der Waals surface area contributed by atoms with E-state index in [1.807, 2.05) is 53.7 Å². The highest BCUT2D eigenvalue weighted by Crippen LogP contribution is 2.37. The molecule has 0 bridgehead atoms. The maximum Gasteiger partial charge on any atom is 0.306 e. The monoisotopic (exact) mass is 568 g/mol. The van der Waals surface area contributed by atoms with Crippen molar-refractivity contribution >= 4 is 30.6 Å². The van der Waals surface area contributed by atoms with Crippen molar-refractivity contribution in [2.24, 2.45) is 5.92 Å². The number of carbonyl (C=O) groups excluding carboxylic acids is 2. The molecular weight excluding hydrogens is 516 g/mol. The van der Waals surface area contributed by atoms with Gasteiger partial charge in [-0.15, -0.1) is 0 Å². The third-order valence-corrected chi connectivity index (χ3v) is 11.7. The molecule has 2 aromatic carbocycles. The van der Waals surface area contributed by atoms with Crippen LogP contribution in [0.15, 0.2) is 60.7 Å². The summed E-state index contributed by atoms with van der Waals surface area (Å²) in [6.07, 6.45) is 4.10. The van der Waals surface area contributed by atoms with E-state index >= 15 is 0 Å². The van der Waals surface area contributed by atoms with Crippen LogP contribution in [0.1, 0.15) is 101 Å².